The molecule has 6 heteroatoms. The molecule has 0 saturated carbocycles. The number of hydrogen-bond acceptors (Lipinski definition) is 5. The number of nitro groups is 1. The first-order chi connectivity index (χ1) is 9.50. The molecule has 1 unspecified atom stereocenters. The second-order valence-corrected chi connectivity index (χ2v) is 4.35. The standard InChI is InChI=1S/C14H14N2O4/c1-9-5-3-7-12(13(9)16(18)19)20-14-11(10(2)17)6-4-8-15-14/h3-8,10,17H,1-2H3. The molecule has 1 N–H and O–H groups in total. The van der Waals surface area contributed by atoms with Crippen LogP contribution in [0.3, 0.4) is 0 Å². The maximum absolute atomic E-state index is 11.1. The Balaban J connectivity index is 2.46. The molecule has 1 aromatic heterocycles. The summed E-state index contributed by atoms with van der Waals surface area (Å²) < 4.78 is 5.53. The van der Waals surface area contributed by atoms with E-state index in [9.17, 15) is 15.2 Å². The van der Waals surface area contributed by atoms with Gasteiger partial charge in [-0.3, -0.25) is 10.1 Å². The summed E-state index contributed by atoms with van der Waals surface area (Å²) in [5.41, 5.74) is 0.875. The third-order valence-electron chi connectivity index (χ3n) is 2.84. The molecular weight excluding hydrogens is 260 g/mol. The fourth-order valence-electron chi connectivity index (χ4n) is 1.86. The first kappa shape index (κ1) is 14.0. The van der Waals surface area contributed by atoms with Crippen molar-refractivity contribution >= 4 is 5.69 Å². The summed E-state index contributed by atoms with van der Waals surface area (Å²) in [6, 6.07) is 8.14. The minimum Gasteiger partial charge on any atom is -0.431 e. The number of para-hydroxylation sites is 1. The zero-order chi connectivity index (χ0) is 14.7. The molecule has 6 nitrogen and oxygen atoms in total. The summed E-state index contributed by atoms with van der Waals surface area (Å²) in [5, 5.41) is 20.8. The van der Waals surface area contributed by atoms with Gasteiger partial charge in [0.25, 0.3) is 0 Å². The van der Waals surface area contributed by atoms with E-state index in [0.717, 1.165) is 0 Å². The lowest BCUT2D eigenvalue weighted by Crippen LogP contribution is -2.01. The van der Waals surface area contributed by atoms with Crippen molar-refractivity contribution in [3.63, 3.8) is 0 Å². The molecule has 0 spiro atoms. The number of aliphatic hydroxyl groups excluding tert-OH is 1. The van der Waals surface area contributed by atoms with Crippen molar-refractivity contribution in [1.82, 2.24) is 4.98 Å². The van der Waals surface area contributed by atoms with Crippen LogP contribution in [0.2, 0.25) is 0 Å². The van der Waals surface area contributed by atoms with Gasteiger partial charge >= 0.3 is 5.69 Å². The molecule has 0 saturated heterocycles. The molecule has 20 heavy (non-hydrogen) atoms. The van der Waals surface area contributed by atoms with Gasteiger partial charge in [0.1, 0.15) is 0 Å². The van der Waals surface area contributed by atoms with Crippen molar-refractivity contribution in [2.75, 3.05) is 0 Å². The van der Waals surface area contributed by atoms with Gasteiger partial charge in [0, 0.05) is 17.3 Å². The van der Waals surface area contributed by atoms with E-state index in [0.29, 0.717) is 11.1 Å². The summed E-state index contributed by atoms with van der Waals surface area (Å²) >= 11 is 0. The maximum atomic E-state index is 11.1. The van der Waals surface area contributed by atoms with Crippen LogP contribution in [-0.2, 0) is 0 Å². The quantitative estimate of drug-likeness (QED) is 0.683. The summed E-state index contributed by atoms with van der Waals surface area (Å²) in [4.78, 5) is 14.6. The van der Waals surface area contributed by atoms with E-state index in [1.807, 2.05) is 0 Å². The van der Waals surface area contributed by atoms with Crippen molar-refractivity contribution in [3.8, 4) is 11.6 Å². The molecule has 0 bridgehead atoms. The number of pyridine rings is 1. The van der Waals surface area contributed by atoms with Crippen molar-refractivity contribution in [1.29, 1.82) is 0 Å². The second-order valence-electron chi connectivity index (χ2n) is 4.35. The number of ether oxygens (including phenoxy) is 1. The van der Waals surface area contributed by atoms with Crippen molar-refractivity contribution < 1.29 is 14.8 Å². The van der Waals surface area contributed by atoms with Crippen molar-refractivity contribution in [3.05, 3.63) is 57.8 Å². The highest BCUT2D eigenvalue weighted by atomic mass is 16.6. The van der Waals surface area contributed by atoms with Crippen LogP contribution in [0.4, 0.5) is 5.69 Å². The van der Waals surface area contributed by atoms with E-state index in [4.69, 9.17) is 4.74 Å². The van der Waals surface area contributed by atoms with Gasteiger partial charge < -0.3 is 9.84 Å². The minimum absolute atomic E-state index is 0.102. The number of aryl methyl sites for hydroxylation is 1. The van der Waals surface area contributed by atoms with E-state index in [-0.39, 0.29) is 17.3 Å². The zero-order valence-corrected chi connectivity index (χ0v) is 11.1. The lowest BCUT2D eigenvalue weighted by molar-refractivity contribution is -0.386. The fourth-order valence-corrected chi connectivity index (χ4v) is 1.86. The highest BCUT2D eigenvalue weighted by Crippen LogP contribution is 2.35. The Morgan fingerprint density at radius 3 is 2.75 bits per heavy atom. The summed E-state index contributed by atoms with van der Waals surface area (Å²) in [6.07, 6.45) is 0.727. The number of nitrogens with zero attached hydrogens (tertiary/aromatic N) is 2. The van der Waals surface area contributed by atoms with E-state index in [1.165, 1.54) is 12.3 Å². The first-order valence-corrected chi connectivity index (χ1v) is 6.05. The van der Waals surface area contributed by atoms with Crippen molar-refractivity contribution in [2.45, 2.75) is 20.0 Å². The van der Waals surface area contributed by atoms with E-state index in [2.05, 4.69) is 4.98 Å². The Morgan fingerprint density at radius 1 is 1.35 bits per heavy atom. The largest absolute Gasteiger partial charge is 0.431 e. The molecule has 2 aromatic rings. The Morgan fingerprint density at radius 2 is 2.10 bits per heavy atom. The monoisotopic (exact) mass is 274 g/mol. The summed E-state index contributed by atoms with van der Waals surface area (Å²) in [6.45, 7) is 3.22. The van der Waals surface area contributed by atoms with Gasteiger partial charge in [0.2, 0.25) is 11.6 Å². The van der Waals surface area contributed by atoms with Gasteiger partial charge in [0.15, 0.2) is 0 Å². The van der Waals surface area contributed by atoms with Crippen LogP contribution in [0.15, 0.2) is 36.5 Å². The number of nitro benzene ring substituents is 1. The Bertz CT molecular complexity index is 641. The normalized spacial score (nSPS) is 11.9. The molecule has 0 aliphatic rings. The maximum Gasteiger partial charge on any atom is 0.314 e. The van der Waals surface area contributed by atoms with Crippen LogP contribution in [0.25, 0.3) is 0 Å². The van der Waals surface area contributed by atoms with E-state index < -0.39 is 11.0 Å². The average molecular weight is 274 g/mol. The molecule has 0 aliphatic heterocycles. The molecule has 0 aliphatic carbocycles. The molecule has 0 radical (unpaired) electrons. The summed E-state index contributed by atoms with van der Waals surface area (Å²) in [5.74, 6) is 0.270. The third-order valence-corrected chi connectivity index (χ3v) is 2.84. The van der Waals surface area contributed by atoms with Crippen LogP contribution < -0.4 is 4.74 Å². The number of benzene rings is 1. The lowest BCUT2D eigenvalue weighted by atomic mass is 10.1. The molecule has 104 valence electrons. The number of aromatic nitrogens is 1. The van der Waals surface area contributed by atoms with Gasteiger partial charge in [0.05, 0.1) is 11.0 Å². The predicted octanol–water partition coefficient (Wildman–Crippen LogP) is 3.14. The minimum atomic E-state index is -0.775. The Labute approximate surface area is 115 Å². The van der Waals surface area contributed by atoms with Gasteiger partial charge in [-0.2, -0.15) is 0 Å². The van der Waals surface area contributed by atoms with Crippen molar-refractivity contribution in [2.24, 2.45) is 0 Å². The molecule has 0 amide bonds. The van der Waals surface area contributed by atoms with Gasteiger partial charge in [-0.15, -0.1) is 0 Å². The average Bonchev–Trinajstić information content (AvgIpc) is 2.38. The topological polar surface area (TPSA) is 85.5 Å². The smallest absolute Gasteiger partial charge is 0.314 e. The number of hydrogen-bond donors (Lipinski definition) is 1. The molecule has 1 atom stereocenters. The SMILES string of the molecule is Cc1cccc(Oc2ncccc2C(C)O)c1[N+](=O)[O-]. The predicted molar refractivity (Wildman–Crippen MR) is 72.8 cm³/mol. The molecule has 0 fully saturated rings. The highest BCUT2D eigenvalue weighted by Gasteiger charge is 2.20. The van der Waals surface area contributed by atoms with E-state index in [1.54, 1.807) is 38.1 Å². The van der Waals surface area contributed by atoms with Gasteiger partial charge in [-0.1, -0.05) is 12.1 Å². The van der Waals surface area contributed by atoms with Gasteiger partial charge in [-0.05, 0) is 32.0 Å². The van der Waals surface area contributed by atoms with Crippen LogP contribution in [0.1, 0.15) is 24.2 Å². The third kappa shape index (κ3) is 2.75. The molecule has 2 rings (SSSR count). The molecular formula is C14H14N2O4. The summed E-state index contributed by atoms with van der Waals surface area (Å²) in [7, 11) is 0. The fraction of sp³-hybridized carbons (Fsp3) is 0.214. The number of rotatable bonds is 4. The van der Waals surface area contributed by atoms with E-state index >= 15 is 0 Å². The highest BCUT2D eigenvalue weighted by molar-refractivity contribution is 5.53. The van der Waals surface area contributed by atoms with Crippen LogP contribution in [0, 0.1) is 17.0 Å². The Kier molecular flexibility index (Phi) is 3.95. The number of aliphatic hydroxyl groups is 1. The molecule has 1 heterocycles. The first-order valence-electron chi connectivity index (χ1n) is 6.05. The molecule has 1 aromatic carbocycles. The lowest BCUT2D eigenvalue weighted by Gasteiger charge is -2.12. The van der Waals surface area contributed by atoms with Crippen LogP contribution in [0.5, 0.6) is 11.6 Å². The van der Waals surface area contributed by atoms with Gasteiger partial charge in [-0.25, -0.2) is 4.98 Å². The van der Waals surface area contributed by atoms with Crippen LogP contribution in [-0.4, -0.2) is 15.0 Å². The second kappa shape index (κ2) is 5.66. The van der Waals surface area contributed by atoms with Crippen LogP contribution >= 0.6 is 0 Å². The Hall–Kier alpha value is -2.47. The zero-order valence-electron chi connectivity index (χ0n) is 11.1.